The molecule has 2 amide bonds. The molecule has 0 aromatic rings. The molecule has 0 aromatic heterocycles. The van der Waals surface area contributed by atoms with Crippen LogP contribution in [0.3, 0.4) is 0 Å². The molecule has 0 spiro atoms. The minimum atomic E-state index is -0.390. The SMILES string of the molecule is CCCCCC1CC(=O)N(C(CCC)C(N)=O)C1. The van der Waals surface area contributed by atoms with Gasteiger partial charge in [-0.3, -0.25) is 9.59 Å². The first-order chi connectivity index (χ1) is 8.60. The van der Waals surface area contributed by atoms with E-state index in [1.54, 1.807) is 4.90 Å². The van der Waals surface area contributed by atoms with Gasteiger partial charge in [0.25, 0.3) is 0 Å². The summed E-state index contributed by atoms with van der Waals surface area (Å²) in [5.41, 5.74) is 5.40. The van der Waals surface area contributed by atoms with E-state index >= 15 is 0 Å². The number of likely N-dealkylation sites (tertiary alicyclic amines) is 1. The van der Waals surface area contributed by atoms with Gasteiger partial charge in [-0.15, -0.1) is 0 Å². The standard InChI is InChI=1S/C14H26N2O2/c1-3-5-6-8-11-9-13(17)16(10-11)12(7-4-2)14(15)18/h11-12H,3-10H2,1-2H3,(H2,15,18). The van der Waals surface area contributed by atoms with Crippen LogP contribution < -0.4 is 5.73 Å². The molecule has 2 atom stereocenters. The Hall–Kier alpha value is -1.06. The quantitative estimate of drug-likeness (QED) is 0.674. The summed E-state index contributed by atoms with van der Waals surface area (Å²) >= 11 is 0. The average molecular weight is 254 g/mol. The maximum absolute atomic E-state index is 12.0. The second kappa shape index (κ2) is 7.39. The predicted molar refractivity (Wildman–Crippen MR) is 71.9 cm³/mol. The lowest BCUT2D eigenvalue weighted by Gasteiger charge is -2.25. The van der Waals surface area contributed by atoms with Gasteiger partial charge in [-0.25, -0.2) is 0 Å². The minimum Gasteiger partial charge on any atom is -0.368 e. The van der Waals surface area contributed by atoms with Crippen molar-refractivity contribution in [1.82, 2.24) is 4.90 Å². The van der Waals surface area contributed by atoms with E-state index in [0.29, 0.717) is 18.8 Å². The molecule has 1 rings (SSSR count). The number of nitrogens with zero attached hydrogens (tertiary/aromatic N) is 1. The lowest BCUT2D eigenvalue weighted by Crippen LogP contribution is -2.45. The largest absolute Gasteiger partial charge is 0.368 e. The minimum absolute atomic E-state index is 0.105. The second-order valence-corrected chi connectivity index (χ2v) is 5.32. The van der Waals surface area contributed by atoms with Crippen LogP contribution in [-0.2, 0) is 9.59 Å². The van der Waals surface area contributed by atoms with E-state index < -0.39 is 6.04 Å². The third-order valence-corrected chi connectivity index (χ3v) is 3.72. The fourth-order valence-electron chi connectivity index (χ4n) is 2.71. The Bertz CT molecular complexity index is 292. The number of primary amides is 1. The van der Waals surface area contributed by atoms with Gasteiger partial charge in [0.15, 0.2) is 0 Å². The molecule has 4 nitrogen and oxygen atoms in total. The van der Waals surface area contributed by atoms with Gasteiger partial charge in [0.1, 0.15) is 6.04 Å². The van der Waals surface area contributed by atoms with Gasteiger partial charge in [-0.1, -0.05) is 39.5 Å². The normalized spacial score (nSPS) is 21.3. The fraction of sp³-hybridized carbons (Fsp3) is 0.857. The van der Waals surface area contributed by atoms with Crippen LogP contribution in [0.2, 0.25) is 0 Å². The molecule has 0 radical (unpaired) electrons. The van der Waals surface area contributed by atoms with Gasteiger partial charge in [0.2, 0.25) is 11.8 Å². The maximum Gasteiger partial charge on any atom is 0.240 e. The molecule has 0 bridgehead atoms. The van der Waals surface area contributed by atoms with Crippen LogP contribution in [0.15, 0.2) is 0 Å². The Labute approximate surface area is 110 Å². The molecule has 2 unspecified atom stereocenters. The van der Waals surface area contributed by atoms with Crippen LogP contribution in [-0.4, -0.2) is 29.3 Å². The molecule has 2 N–H and O–H groups in total. The average Bonchev–Trinajstić information content (AvgIpc) is 2.67. The summed E-state index contributed by atoms with van der Waals surface area (Å²) in [5, 5.41) is 0. The van der Waals surface area contributed by atoms with Crippen molar-refractivity contribution in [2.75, 3.05) is 6.54 Å². The molecule has 0 saturated carbocycles. The van der Waals surface area contributed by atoms with Gasteiger partial charge in [-0.2, -0.15) is 0 Å². The first kappa shape index (κ1) is 15.0. The molecule has 18 heavy (non-hydrogen) atoms. The van der Waals surface area contributed by atoms with Crippen molar-refractivity contribution in [2.24, 2.45) is 11.7 Å². The smallest absolute Gasteiger partial charge is 0.240 e. The molecule has 0 aliphatic carbocycles. The van der Waals surface area contributed by atoms with Crippen LogP contribution in [0.5, 0.6) is 0 Å². The number of nitrogens with two attached hydrogens (primary N) is 1. The summed E-state index contributed by atoms with van der Waals surface area (Å²) in [7, 11) is 0. The first-order valence-corrected chi connectivity index (χ1v) is 7.18. The van der Waals surface area contributed by atoms with Gasteiger partial charge in [0.05, 0.1) is 0 Å². The second-order valence-electron chi connectivity index (χ2n) is 5.32. The van der Waals surface area contributed by atoms with Crippen LogP contribution in [0.1, 0.15) is 58.8 Å². The summed E-state index contributed by atoms with van der Waals surface area (Å²) in [6, 6.07) is -0.390. The summed E-state index contributed by atoms with van der Waals surface area (Å²) in [5.74, 6) is 0.163. The maximum atomic E-state index is 12.0. The van der Waals surface area contributed by atoms with Gasteiger partial charge >= 0.3 is 0 Å². The molecule has 1 aliphatic heterocycles. The zero-order chi connectivity index (χ0) is 13.5. The lowest BCUT2D eigenvalue weighted by molar-refractivity contribution is -0.136. The number of hydrogen-bond donors (Lipinski definition) is 1. The molecular formula is C14H26N2O2. The van der Waals surface area contributed by atoms with E-state index in [1.807, 2.05) is 6.92 Å². The van der Waals surface area contributed by atoms with Gasteiger partial charge in [0, 0.05) is 13.0 Å². The third kappa shape index (κ3) is 4.00. The van der Waals surface area contributed by atoms with Crippen molar-refractivity contribution in [3.8, 4) is 0 Å². The van der Waals surface area contributed by atoms with Crippen molar-refractivity contribution >= 4 is 11.8 Å². The summed E-state index contributed by atoms with van der Waals surface area (Å²) in [4.78, 5) is 25.1. The Balaban J connectivity index is 2.51. The van der Waals surface area contributed by atoms with E-state index in [4.69, 9.17) is 5.73 Å². The van der Waals surface area contributed by atoms with Crippen molar-refractivity contribution in [2.45, 2.75) is 64.8 Å². The highest BCUT2D eigenvalue weighted by Crippen LogP contribution is 2.26. The Morgan fingerprint density at radius 3 is 2.67 bits per heavy atom. The van der Waals surface area contributed by atoms with Crippen molar-refractivity contribution in [3.63, 3.8) is 0 Å². The van der Waals surface area contributed by atoms with Gasteiger partial charge < -0.3 is 10.6 Å². The molecule has 1 heterocycles. The lowest BCUT2D eigenvalue weighted by atomic mass is 10.0. The Kier molecular flexibility index (Phi) is 6.16. The number of unbranched alkanes of at least 4 members (excludes halogenated alkanes) is 2. The highest BCUT2D eigenvalue weighted by molar-refractivity contribution is 5.87. The van der Waals surface area contributed by atoms with Crippen LogP contribution in [0.4, 0.5) is 0 Å². The highest BCUT2D eigenvalue weighted by atomic mass is 16.2. The molecule has 1 aliphatic rings. The van der Waals surface area contributed by atoms with Gasteiger partial charge in [-0.05, 0) is 18.8 Å². The van der Waals surface area contributed by atoms with Crippen molar-refractivity contribution in [1.29, 1.82) is 0 Å². The zero-order valence-electron chi connectivity index (χ0n) is 11.7. The van der Waals surface area contributed by atoms with E-state index in [1.165, 1.54) is 19.3 Å². The summed E-state index contributed by atoms with van der Waals surface area (Å²) in [6.07, 6.45) is 6.84. The van der Waals surface area contributed by atoms with E-state index in [2.05, 4.69) is 6.92 Å². The van der Waals surface area contributed by atoms with Crippen LogP contribution in [0.25, 0.3) is 0 Å². The summed E-state index contributed by atoms with van der Waals surface area (Å²) < 4.78 is 0. The number of carbonyl (C=O) groups excluding carboxylic acids is 2. The molecule has 0 aromatic carbocycles. The number of amides is 2. The molecule has 104 valence electrons. The Morgan fingerprint density at radius 2 is 2.11 bits per heavy atom. The molecule has 1 saturated heterocycles. The molecule has 4 heteroatoms. The fourth-order valence-corrected chi connectivity index (χ4v) is 2.71. The van der Waals surface area contributed by atoms with Crippen LogP contribution >= 0.6 is 0 Å². The topological polar surface area (TPSA) is 63.4 Å². The number of rotatable bonds is 8. The zero-order valence-corrected chi connectivity index (χ0v) is 11.7. The molecular weight excluding hydrogens is 228 g/mol. The van der Waals surface area contributed by atoms with E-state index in [9.17, 15) is 9.59 Å². The number of hydrogen-bond acceptors (Lipinski definition) is 2. The number of carbonyl (C=O) groups is 2. The predicted octanol–water partition coefficient (Wildman–Crippen LogP) is 2.07. The highest BCUT2D eigenvalue weighted by Gasteiger charge is 2.35. The van der Waals surface area contributed by atoms with Crippen LogP contribution in [0, 0.1) is 5.92 Å². The van der Waals surface area contributed by atoms with E-state index in [0.717, 1.165) is 19.4 Å². The van der Waals surface area contributed by atoms with E-state index in [-0.39, 0.29) is 11.8 Å². The summed E-state index contributed by atoms with van der Waals surface area (Å²) in [6.45, 7) is 4.90. The molecule has 1 fully saturated rings. The first-order valence-electron chi connectivity index (χ1n) is 7.18. The third-order valence-electron chi connectivity index (χ3n) is 3.72. The van der Waals surface area contributed by atoms with Crippen molar-refractivity contribution in [3.05, 3.63) is 0 Å². The monoisotopic (exact) mass is 254 g/mol. The Morgan fingerprint density at radius 1 is 1.39 bits per heavy atom. The van der Waals surface area contributed by atoms with Crippen molar-refractivity contribution < 1.29 is 9.59 Å².